The van der Waals surface area contributed by atoms with Crippen molar-refractivity contribution in [1.29, 1.82) is 0 Å². The van der Waals surface area contributed by atoms with Crippen molar-refractivity contribution in [2.45, 2.75) is 37.8 Å². The summed E-state index contributed by atoms with van der Waals surface area (Å²) < 4.78 is 13.5. The Bertz CT molecular complexity index is 481. The molecule has 5 heteroatoms. The van der Waals surface area contributed by atoms with Crippen LogP contribution in [0.25, 0.3) is 0 Å². The molecule has 0 aliphatic heterocycles. The molecule has 0 saturated heterocycles. The van der Waals surface area contributed by atoms with Crippen LogP contribution >= 0.6 is 15.9 Å². The van der Waals surface area contributed by atoms with Gasteiger partial charge in [0.15, 0.2) is 0 Å². The quantitative estimate of drug-likeness (QED) is 0.906. The molecule has 1 aliphatic rings. The summed E-state index contributed by atoms with van der Waals surface area (Å²) >= 11 is 3.21. The van der Waals surface area contributed by atoms with E-state index in [4.69, 9.17) is 0 Å². The molecule has 1 N–H and O–H groups in total. The average Bonchev–Trinajstić information content (AvgIpc) is 2.38. The number of benzene rings is 1. The van der Waals surface area contributed by atoms with Gasteiger partial charge in [0.05, 0.1) is 17.7 Å². The molecule has 0 radical (unpaired) electrons. The molecule has 19 heavy (non-hydrogen) atoms. The average molecular weight is 330 g/mol. The third-order valence-electron chi connectivity index (χ3n) is 3.67. The molecule has 1 aromatic rings. The molecule has 0 aromatic heterocycles. The molecule has 1 aromatic carbocycles. The Morgan fingerprint density at radius 2 is 2.11 bits per heavy atom. The van der Waals surface area contributed by atoms with Crippen LogP contribution in [-0.2, 0) is 0 Å². The van der Waals surface area contributed by atoms with Gasteiger partial charge in [-0.25, -0.2) is 4.39 Å². The van der Waals surface area contributed by atoms with Crippen molar-refractivity contribution in [3.05, 3.63) is 34.1 Å². The Balaban J connectivity index is 2.18. The molecule has 1 amide bonds. The number of nitrogens with zero attached hydrogens (tertiary/aromatic N) is 1. The largest absolute Gasteiger partial charge is 0.391 e. The Morgan fingerprint density at radius 1 is 1.42 bits per heavy atom. The Morgan fingerprint density at radius 3 is 2.74 bits per heavy atom. The van der Waals surface area contributed by atoms with E-state index in [0.29, 0.717) is 10.0 Å². The highest BCUT2D eigenvalue weighted by Crippen LogP contribution is 2.25. The minimum absolute atomic E-state index is 0.154. The first-order valence-corrected chi connectivity index (χ1v) is 7.20. The number of likely N-dealkylation sites (N-methyl/N-ethyl adjacent to an activating group) is 1. The fourth-order valence-corrected chi connectivity index (χ4v) is 3.07. The second kappa shape index (κ2) is 6.01. The van der Waals surface area contributed by atoms with Crippen molar-refractivity contribution in [2.24, 2.45) is 0 Å². The topological polar surface area (TPSA) is 40.5 Å². The number of aliphatic hydroxyl groups excluding tert-OH is 1. The van der Waals surface area contributed by atoms with Crippen molar-refractivity contribution >= 4 is 21.8 Å². The zero-order chi connectivity index (χ0) is 14.0. The first-order chi connectivity index (χ1) is 9.00. The van der Waals surface area contributed by atoms with Crippen LogP contribution in [0.5, 0.6) is 0 Å². The minimum atomic E-state index is -0.470. The van der Waals surface area contributed by atoms with Gasteiger partial charge in [-0.15, -0.1) is 0 Å². The fourth-order valence-electron chi connectivity index (χ4n) is 2.55. The molecular formula is C14H17BrFNO2. The molecule has 2 unspecified atom stereocenters. The second-order valence-corrected chi connectivity index (χ2v) is 5.81. The summed E-state index contributed by atoms with van der Waals surface area (Å²) in [5.74, 6) is -0.582. The van der Waals surface area contributed by atoms with E-state index in [0.717, 1.165) is 25.7 Å². The summed E-state index contributed by atoms with van der Waals surface area (Å²) in [7, 11) is 1.69. The van der Waals surface area contributed by atoms with Gasteiger partial charge in [-0.1, -0.05) is 12.8 Å². The summed E-state index contributed by atoms with van der Waals surface area (Å²) in [5, 5.41) is 9.98. The molecule has 104 valence electrons. The van der Waals surface area contributed by atoms with Crippen molar-refractivity contribution < 1.29 is 14.3 Å². The van der Waals surface area contributed by atoms with Crippen LogP contribution in [0, 0.1) is 5.82 Å². The molecule has 0 bridgehead atoms. The van der Waals surface area contributed by atoms with E-state index in [1.165, 1.54) is 18.2 Å². The van der Waals surface area contributed by atoms with Gasteiger partial charge in [0.2, 0.25) is 0 Å². The zero-order valence-corrected chi connectivity index (χ0v) is 12.4. The van der Waals surface area contributed by atoms with Crippen molar-refractivity contribution in [3.63, 3.8) is 0 Å². The number of rotatable bonds is 2. The minimum Gasteiger partial charge on any atom is -0.391 e. The highest BCUT2D eigenvalue weighted by Gasteiger charge is 2.30. The van der Waals surface area contributed by atoms with Gasteiger partial charge in [0.1, 0.15) is 5.82 Å². The van der Waals surface area contributed by atoms with Crippen molar-refractivity contribution in [2.75, 3.05) is 7.05 Å². The van der Waals surface area contributed by atoms with E-state index in [1.807, 2.05) is 0 Å². The predicted molar refractivity (Wildman–Crippen MR) is 74.5 cm³/mol. The Kier molecular flexibility index (Phi) is 4.58. The standard InChI is InChI=1S/C14H17BrFNO2/c1-17(12-4-2-3-5-13(12)18)14(19)10-7-6-9(16)8-11(10)15/h6-8,12-13,18H,2-5H2,1H3. The lowest BCUT2D eigenvalue weighted by molar-refractivity contribution is 0.0267. The van der Waals surface area contributed by atoms with Gasteiger partial charge in [-0.05, 0) is 47.0 Å². The summed E-state index contributed by atoms with van der Waals surface area (Å²) in [6, 6.07) is 3.85. The normalized spacial score (nSPS) is 23.2. The van der Waals surface area contributed by atoms with Crippen LogP contribution in [0.3, 0.4) is 0 Å². The lowest BCUT2D eigenvalue weighted by atomic mass is 9.91. The smallest absolute Gasteiger partial charge is 0.255 e. The monoisotopic (exact) mass is 329 g/mol. The van der Waals surface area contributed by atoms with Crippen molar-refractivity contribution in [1.82, 2.24) is 4.90 Å². The third-order valence-corrected chi connectivity index (χ3v) is 4.33. The van der Waals surface area contributed by atoms with E-state index >= 15 is 0 Å². The van der Waals surface area contributed by atoms with Crippen LogP contribution in [0.15, 0.2) is 22.7 Å². The molecule has 1 saturated carbocycles. The van der Waals surface area contributed by atoms with Gasteiger partial charge in [0, 0.05) is 11.5 Å². The zero-order valence-electron chi connectivity index (χ0n) is 10.8. The van der Waals surface area contributed by atoms with Gasteiger partial charge in [-0.2, -0.15) is 0 Å². The van der Waals surface area contributed by atoms with Crippen LogP contribution in [0.1, 0.15) is 36.0 Å². The van der Waals surface area contributed by atoms with E-state index in [-0.39, 0.29) is 17.8 Å². The van der Waals surface area contributed by atoms with Crippen molar-refractivity contribution in [3.8, 4) is 0 Å². The third kappa shape index (κ3) is 3.15. The van der Waals surface area contributed by atoms with E-state index in [1.54, 1.807) is 11.9 Å². The number of hydrogen-bond acceptors (Lipinski definition) is 2. The van der Waals surface area contributed by atoms with Gasteiger partial charge in [-0.3, -0.25) is 4.79 Å². The SMILES string of the molecule is CN(C(=O)c1ccc(F)cc1Br)C1CCCCC1O. The lowest BCUT2D eigenvalue weighted by Crippen LogP contribution is -2.46. The van der Waals surface area contributed by atoms with E-state index in [2.05, 4.69) is 15.9 Å². The molecular weight excluding hydrogens is 313 g/mol. The fraction of sp³-hybridized carbons (Fsp3) is 0.500. The first kappa shape index (κ1) is 14.5. The number of halogens is 2. The summed E-state index contributed by atoms with van der Waals surface area (Å²) in [5.41, 5.74) is 0.418. The maximum absolute atomic E-state index is 13.0. The maximum atomic E-state index is 13.0. The second-order valence-electron chi connectivity index (χ2n) is 4.96. The van der Waals surface area contributed by atoms with Crippen LogP contribution < -0.4 is 0 Å². The van der Waals surface area contributed by atoms with E-state index in [9.17, 15) is 14.3 Å². The van der Waals surface area contributed by atoms with E-state index < -0.39 is 6.10 Å². The molecule has 2 rings (SSSR count). The molecule has 0 spiro atoms. The highest BCUT2D eigenvalue weighted by molar-refractivity contribution is 9.10. The number of aliphatic hydroxyl groups is 1. The lowest BCUT2D eigenvalue weighted by Gasteiger charge is -2.35. The molecule has 2 atom stereocenters. The van der Waals surface area contributed by atoms with Gasteiger partial charge >= 0.3 is 0 Å². The van der Waals surface area contributed by atoms with Crippen LogP contribution in [0.2, 0.25) is 0 Å². The van der Waals surface area contributed by atoms with Crippen LogP contribution in [-0.4, -0.2) is 35.1 Å². The van der Waals surface area contributed by atoms with Crippen LogP contribution in [0.4, 0.5) is 4.39 Å². The summed E-state index contributed by atoms with van der Waals surface area (Å²) in [6.07, 6.45) is 3.08. The molecule has 1 aliphatic carbocycles. The molecule has 3 nitrogen and oxygen atoms in total. The number of carbonyl (C=O) groups is 1. The maximum Gasteiger partial charge on any atom is 0.255 e. The Hall–Kier alpha value is -0.940. The molecule has 0 heterocycles. The van der Waals surface area contributed by atoms with Gasteiger partial charge in [0.25, 0.3) is 5.91 Å². The number of hydrogen-bond donors (Lipinski definition) is 1. The number of carbonyl (C=O) groups excluding carboxylic acids is 1. The first-order valence-electron chi connectivity index (χ1n) is 6.41. The summed E-state index contributed by atoms with van der Waals surface area (Å²) in [4.78, 5) is 14.0. The predicted octanol–water partition coefficient (Wildman–Crippen LogP) is 2.96. The Labute approximate surface area is 120 Å². The molecule has 1 fully saturated rings. The number of amides is 1. The highest BCUT2D eigenvalue weighted by atomic mass is 79.9. The summed E-state index contributed by atoms with van der Waals surface area (Å²) in [6.45, 7) is 0. The van der Waals surface area contributed by atoms with Gasteiger partial charge < -0.3 is 10.0 Å².